The smallest absolute Gasteiger partial charge is 0.254 e. The number of halogens is 1. The Morgan fingerprint density at radius 2 is 1.81 bits per heavy atom. The minimum atomic E-state index is -0.547. The van der Waals surface area contributed by atoms with Crippen molar-refractivity contribution in [1.82, 2.24) is 39.7 Å². The van der Waals surface area contributed by atoms with Crippen LogP contribution in [-0.2, 0) is 9.59 Å². The number of hydrogen-bond acceptors (Lipinski definition) is 8. The fraction of sp³-hybridized carbons (Fsp3) is 0.455. The molecule has 47 heavy (non-hydrogen) atoms. The zero-order valence-electron chi connectivity index (χ0n) is 26.4. The first-order chi connectivity index (χ1) is 22.9. The highest BCUT2D eigenvalue weighted by Gasteiger charge is 2.28. The number of H-pyrrole nitrogens is 1. The molecule has 3 aromatic heterocycles. The number of nitrogens with one attached hydrogen (secondary N) is 3. The largest absolute Gasteiger partial charge is 0.370 e. The van der Waals surface area contributed by atoms with Crippen LogP contribution in [0, 0.1) is 5.82 Å². The van der Waals surface area contributed by atoms with E-state index >= 15 is 4.39 Å². The lowest BCUT2D eigenvalue weighted by atomic mass is 10.1. The van der Waals surface area contributed by atoms with Crippen molar-refractivity contribution in [2.75, 3.05) is 44.6 Å². The van der Waals surface area contributed by atoms with Crippen molar-refractivity contribution >= 4 is 34.9 Å². The highest BCUT2D eigenvalue weighted by molar-refractivity contribution is 5.95. The Hall–Kier alpha value is -4.85. The molecule has 3 amide bonds. The van der Waals surface area contributed by atoms with Gasteiger partial charge in [0.2, 0.25) is 11.8 Å². The molecule has 1 aromatic carbocycles. The Labute approximate surface area is 272 Å². The molecular formula is C33H41FN10O3. The molecule has 0 unspecified atom stereocenters. The van der Waals surface area contributed by atoms with Crippen LogP contribution >= 0.6 is 0 Å². The Balaban J connectivity index is 0.992. The number of carbonyl (C=O) groups is 3. The normalized spacial score (nSPS) is 15.2. The number of aromatic nitrogens is 5. The molecule has 13 nitrogen and oxygen atoms in total. The van der Waals surface area contributed by atoms with Crippen LogP contribution in [0.15, 0.2) is 43.0 Å². The molecule has 4 heterocycles. The molecule has 1 saturated carbocycles. The summed E-state index contributed by atoms with van der Waals surface area (Å²) in [5.41, 5.74) is 8.87. The van der Waals surface area contributed by atoms with E-state index in [2.05, 4.69) is 30.7 Å². The molecule has 1 saturated heterocycles. The van der Waals surface area contributed by atoms with Gasteiger partial charge in [0.1, 0.15) is 5.82 Å². The number of benzene rings is 1. The molecule has 0 spiro atoms. The van der Waals surface area contributed by atoms with Crippen molar-refractivity contribution in [1.29, 1.82) is 0 Å². The van der Waals surface area contributed by atoms with Gasteiger partial charge >= 0.3 is 0 Å². The third kappa shape index (κ3) is 8.12. The van der Waals surface area contributed by atoms with E-state index < -0.39 is 5.82 Å². The summed E-state index contributed by atoms with van der Waals surface area (Å²) < 4.78 is 17.4. The van der Waals surface area contributed by atoms with E-state index in [0.717, 1.165) is 55.5 Å². The van der Waals surface area contributed by atoms with E-state index in [1.54, 1.807) is 35.6 Å². The number of fused-ring (bicyclic) bond motifs is 1. The van der Waals surface area contributed by atoms with Gasteiger partial charge in [-0.25, -0.2) is 14.4 Å². The van der Waals surface area contributed by atoms with Crippen LogP contribution in [0.1, 0.15) is 73.3 Å². The summed E-state index contributed by atoms with van der Waals surface area (Å²) in [7, 11) is 0. The number of primary amides is 1. The van der Waals surface area contributed by atoms with E-state index in [-0.39, 0.29) is 29.0 Å². The quantitative estimate of drug-likeness (QED) is 0.143. The van der Waals surface area contributed by atoms with Gasteiger partial charge in [-0.05, 0) is 43.9 Å². The van der Waals surface area contributed by atoms with Gasteiger partial charge in [0.25, 0.3) is 5.91 Å². The number of aromatic amines is 1. The second kappa shape index (κ2) is 14.7. The zero-order chi connectivity index (χ0) is 32.8. The Morgan fingerprint density at radius 3 is 2.51 bits per heavy atom. The summed E-state index contributed by atoms with van der Waals surface area (Å²) in [4.78, 5) is 49.4. The van der Waals surface area contributed by atoms with Crippen LogP contribution in [0.4, 0.5) is 15.9 Å². The van der Waals surface area contributed by atoms with Gasteiger partial charge in [0.05, 0.1) is 29.5 Å². The Bertz CT molecular complexity index is 1710. The van der Waals surface area contributed by atoms with Crippen LogP contribution in [0.5, 0.6) is 0 Å². The van der Waals surface area contributed by atoms with Gasteiger partial charge in [-0.3, -0.25) is 28.8 Å². The Morgan fingerprint density at radius 1 is 1.02 bits per heavy atom. The summed E-state index contributed by atoms with van der Waals surface area (Å²) in [6, 6.07) is 4.48. The minimum absolute atomic E-state index is 0.0216. The van der Waals surface area contributed by atoms with E-state index in [0.29, 0.717) is 69.5 Å². The Kier molecular flexibility index (Phi) is 10.0. The number of hydrogen-bond donors (Lipinski definition) is 4. The monoisotopic (exact) mass is 644 g/mol. The number of rotatable bonds is 15. The first kappa shape index (κ1) is 32.1. The average Bonchev–Trinajstić information content (AvgIpc) is 3.60. The maximum Gasteiger partial charge on any atom is 0.254 e. The molecule has 1 aliphatic heterocycles. The molecule has 6 rings (SSSR count). The third-order valence-corrected chi connectivity index (χ3v) is 8.76. The minimum Gasteiger partial charge on any atom is -0.370 e. The summed E-state index contributed by atoms with van der Waals surface area (Å²) in [5, 5.41) is 13.0. The fourth-order valence-electron chi connectivity index (χ4n) is 5.89. The summed E-state index contributed by atoms with van der Waals surface area (Å²) in [6.45, 7) is 3.64. The number of nitrogens with two attached hydrogens (primary N) is 1. The van der Waals surface area contributed by atoms with Gasteiger partial charge < -0.3 is 21.3 Å². The number of carbonyl (C=O) groups excluding carboxylic acids is 3. The van der Waals surface area contributed by atoms with Crippen molar-refractivity contribution in [2.45, 2.75) is 57.3 Å². The fourth-order valence-corrected chi connectivity index (χ4v) is 5.89. The molecule has 4 aromatic rings. The molecule has 2 aliphatic rings. The number of anilines is 2. The SMILES string of the molecule is NC(=O)CCCCCCC(=O)NCCN1CCN(C(=O)c2ccc(Nc3nc(C4CC4)cn4c(-c5cn[nH]c5)cnc34)c(F)c2)CC1. The van der Waals surface area contributed by atoms with Gasteiger partial charge in [0.15, 0.2) is 11.5 Å². The molecule has 14 heteroatoms. The first-order valence-electron chi connectivity index (χ1n) is 16.4. The van der Waals surface area contributed by atoms with E-state index in [1.165, 1.54) is 6.07 Å². The summed E-state index contributed by atoms with van der Waals surface area (Å²) in [6.07, 6.45) is 13.6. The van der Waals surface area contributed by atoms with Gasteiger partial charge in [-0.2, -0.15) is 5.10 Å². The summed E-state index contributed by atoms with van der Waals surface area (Å²) >= 11 is 0. The topological polar surface area (TPSA) is 167 Å². The van der Waals surface area contributed by atoms with E-state index in [1.807, 2.05) is 10.6 Å². The molecular weight excluding hydrogens is 603 g/mol. The molecule has 0 bridgehead atoms. The lowest BCUT2D eigenvalue weighted by Gasteiger charge is -2.34. The lowest BCUT2D eigenvalue weighted by Crippen LogP contribution is -2.50. The predicted molar refractivity (Wildman–Crippen MR) is 174 cm³/mol. The van der Waals surface area contributed by atoms with Crippen molar-refractivity contribution in [3.63, 3.8) is 0 Å². The second-order valence-electron chi connectivity index (χ2n) is 12.3. The predicted octanol–water partition coefficient (Wildman–Crippen LogP) is 3.58. The maximum absolute atomic E-state index is 15.4. The van der Waals surface area contributed by atoms with Gasteiger partial charge in [-0.15, -0.1) is 0 Å². The highest BCUT2D eigenvalue weighted by atomic mass is 19.1. The molecule has 0 atom stereocenters. The maximum atomic E-state index is 15.4. The van der Waals surface area contributed by atoms with E-state index in [9.17, 15) is 14.4 Å². The molecule has 0 radical (unpaired) electrons. The van der Waals surface area contributed by atoms with Gasteiger partial charge in [0, 0.05) is 81.5 Å². The number of unbranched alkanes of at least 4 members (excludes halogenated alkanes) is 3. The lowest BCUT2D eigenvalue weighted by molar-refractivity contribution is -0.121. The molecule has 1 aliphatic carbocycles. The first-order valence-corrected chi connectivity index (χ1v) is 16.4. The van der Waals surface area contributed by atoms with Gasteiger partial charge in [-0.1, -0.05) is 12.8 Å². The molecule has 5 N–H and O–H groups in total. The van der Waals surface area contributed by atoms with Crippen molar-refractivity contribution in [2.24, 2.45) is 5.73 Å². The van der Waals surface area contributed by atoms with Crippen LogP contribution in [0.3, 0.4) is 0 Å². The van der Waals surface area contributed by atoms with Crippen molar-refractivity contribution in [3.8, 4) is 11.3 Å². The molecule has 2 fully saturated rings. The number of amides is 3. The average molecular weight is 645 g/mol. The molecule has 248 valence electrons. The van der Waals surface area contributed by atoms with Crippen LogP contribution in [-0.4, -0.2) is 91.4 Å². The van der Waals surface area contributed by atoms with Crippen LogP contribution < -0.4 is 16.4 Å². The van der Waals surface area contributed by atoms with E-state index in [4.69, 9.17) is 10.7 Å². The van der Waals surface area contributed by atoms with Crippen LogP contribution in [0.25, 0.3) is 16.9 Å². The number of nitrogens with zero attached hydrogens (tertiary/aromatic N) is 6. The summed E-state index contributed by atoms with van der Waals surface area (Å²) in [5.74, 6) is -0.209. The van der Waals surface area contributed by atoms with Crippen molar-refractivity contribution in [3.05, 3.63) is 60.1 Å². The highest BCUT2D eigenvalue weighted by Crippen LogP contribution is 2.40. The standard InChI is InChI=1S/C33H41FN10O3/c34-25-17-23(33(47)43-15-13-42(14-16-43)12-11-36-30(46)6-4-2-1-3-5-29(35)45)9-10-26(25)40-31-32-37-20-28(24-18-38-39-19-24)44(32)21-27(41-31)22-7-8-22/h9-10,17-22H,1-8,11-16H2,(H2,35,45)(H,36,46)(H,38,39)(H,40,41). The number of imidazole rings is 1. The second-order valence-corrected chi connectivity index (χ2v) is 12.3. The zero-order valence-corrected chi connectivity index (χ0v) is 26.4. The van der Waals surface area contributed by atoms with Crippen molar-refractivity contribution < 1.29 is 18.8 Å². The number of piperazine rings is 1. The van der Waals surface area contributed by atoms with Crippen LogP contribution in [0.2, 0.25) is 0 Å². The third-order valence-electron chi connectivity index (χ3n) is 8.76.